The van der Waals surface area contributed by atoms with Gasteiger partial charge in [-0.15, -0.1) is 0 Å². The van der Waals surface area contributed by atoms with Crippen LogP contribution in [0.25, 0.3) is 0 Å². The molecule has 1 amide bonds. The molecule has 156 valence electrons. The second-order valence-corrected chi connectivity index (χ2v) is 7.49. The van der Waals surface area contributed by atoms with Crippen molar-refractivity contribution >= 4 is 46.2 Å². The molecule has 2 aliphatic heterocycles. The van der Waals surface area contributed by atoms with E-state index in [1.54, 1.807) is 24.3 Å². The second kappa shape index (κ2) is 8.33. The third kappa shape index (κ3) is 4.10. The normalized spacial score (nSPS) is 15.1. The summed E-state index contributed by atoms with van der Waals surface area (Å²) in [6, 6.07) is 9.39. The summed E-state index contributed by atoms with van der Waals surface area (Å²) < 4.78 is 10.5. The van der Waals surface area contributed by atoms with Gasteiger partial charge in [-0.2, -0.15) is 0 Å². The van der Waals surface area contributed by atoms with Crippen LogP contribution in [-0.4, -0.2) is 53.8 Å². The van der Waals surface area contributed by atoms with Crippen molar-refractivity contribution in [1.29, 1.82) is 0 Å². The van der Waals surface area contributed by atoms with Gasteiger partial charge in [-0.3, -0.25) is 20.2 Å². The fourth-order valence-electron chi connectivity index (χ4n) is 3.30. The Morgan fingerprint density at radius 2 is 1.83 bits per heavy atom. The predicted octanol–water partition coefficient (Wildman–Crippen LogP) is 2.81. The third-order valence-corrected chi connectivity index (χ3v) is 5.57. The average molecular weight is 449 g/mol. The minimum absolute atomic E-state index is 0.0465. The molecule has 0 radical (unpaired) electrons. The van der Waals surface area contributed by atoms with E-state index in [0.29, 0.717) is 53.4 Å². The molecular weight excluding hydrogens is 432 g/mol. The first kappa shape index (κ1) is 20.2. The molecule has 0 saturated carbocycles. The number of ether oxygens (including phenoxy) is 2. The summed E-state index contributed by atoms with van der Waals surface area (Å²) in [5.74, 6) is 0.816. The predicted molar refractivity (Wildman–Crippen MR) is 115 cm³/mol. The number of halogens is 1. The minimum Gasteiger partial charge on any atom is -0.454 e. The Labute approximate surface area is 182 Å². The van der Waals surface area contributed by atoms with Crippen LogP contribution in [0.5, 0.6) is 11.5 Å². The molecule has 0 aliphatic carbocycles. The van der Waals surface area contributed by atoms with Gasteiger partial charge in [0.05, 0.1) is 15.6 Å². The summed E-state index contributed by atoms with van der Waals surface area (Å²) in [6.07, 6.45) is 0. The Hall–Kier alpha value is -3.11. The highest BCUT2D eigenvalue weighted by molar-refractivity contribution is 7.80. The number of thiocarbonyl (C=S) groups is 1. The second-order valence-electron chi connectivity index (χ2n) is 6.69. The van der Waals surface area contributed by atoms with Crippen LogP contribution in [0, 0.1) is 10.1 Å². The minimum atomic E-state index is -0.477. The number of anilines is 1. The Morgan fingerprint density at radius 1 is 1.10 bits per heavy atom. The number of nitrogens with zero attached hydrogens (tertiary/aromatic N) is 3. The number of amides is 1. The Morgan fingerprint density at radius 3 is 2.53 bits per heavy atom. The first-order chi connectivity index (χ1) is 14.4. The van der Waals surface area contributed by atoms with Gasteiger partial charge in [0, 0.05) is 43.9 Å². The highest BCUT2D eigenvalue weighted by Gasteiger charge is 2.23. The topological polar surface area (TPSA) is 97.2 Å². The van der Waals surface area contributed by atoms with E-state index in [2.05, 4.69) is 5.32 Å². The maximum absolute atomic E-state index is 12.5. The van der Waals surface area contributed by atoms with Crippen molar-refractivity contribution in [3.63, 3.8) is 0 Å². The van der Waals surface area contributed by atoms with Gasteiger partial charge in [0.25, 0.3) is 11.6 Å². The molecule has 0 spiro atoms. The van der Waals surface area contributed by atoms with Gasteiger partial charge in [0.15, 0.2) is 16.6 Å². The molecule has 11 heteroatoms. The van der Waals surface area contributed by atoms with Crippen LogP contribution in [-0.2, 0) is 0 Å². The molecule has 2 heterocycles. The van der Waals surface area contributed by atoms with Crippen molar-refractivity contribution in [2.75, 3.05) is 37.9 Å². The van der Waals surface area contributed by atoms with E-state index in [1.165, 1.54) is 12.1 Å². The van der Waals surface area contributed by atoms with Crippen molar-refractivity contribution in [3.8, 4) is 11.5 Å². The number of nitrogens with one attached hydrogen (secondary N) is 1. The lowest BCUT2D eigenvalue weighted by molar-refractivity contribution is -0.384. The molecule has 9 nitrogen and oxygen atoms in total. The molecule has 1 fully saturated rings. The van der Waals surface area contributed by atoms with Crippen molar-refractivity contribution < 1.29 is 19.2 Å². The summed E-state index contributed by atoms with van der Waals surface area (Å²) in [7, 11) is 0. The number of nitro benzene ring substituents is 1. The molecule has 2 aromatic carbocycles. The lowest BCUT2D eigenvalue weighted by atomic mass is 10.2. The number of carbonyl (C=O) groups is 1. The number of benzene rings is 2. The zero-order valence-corrected chi connectivity index (χ0v) is 17.2. The Kier molecular flexibility index (Phi) is 5.60. The fourth-order valence-corrected chi connectivity index (χ4v) is 3.87. The van der Waals surface area contributed by atoms with Crippen LogP contribution < -0.4 is 19.7 Å². The van der Waals surface area contributed by atoms with Crippen LogP contribution >= 0.6 is 23.8 Å². The number of piperazine rings is 1. The maximum atomic E-state index is 12.5. The van der Waals surface area contributed by atoms with Gasteiger partial charge >= 0.3 is 0 Å². The Balaban J connectivity index is 1.34. The van der Waals surface area contributed by atoms with Crippen LogP contribution in [0.2, 0.25) is 5.02 Å². The van der Waals surface area contributed by atoms with E-state index in [1.807, 2.05) is 9.80 Å². The summed E-state index contributed by atoms with van der Waals surface area (Å²) in [6.45, 7) is 2.51. The average Bonchev–Trinajstić information content (AvgIpc) is 3.21. The SMILES string of the molecule is O=C(NC(=S)N1CCN(c2ccc([N+](=O)[O-])cc2Cl)CC1)c1ccc2c(c1)OCO2. The number of hydrogen-bond donors (Lipinski definition) is 1. The molecule has 2 aliphatic rings. The number of carbonyl (C=O) groups excluding carboxylic acids is 1. The van der Waals surface area contributed by atoms with E-state index in [0.717, 1.165) is 5.69 Å². The quantitative estimate of drug-likeness (QED) is 0.435. The molecule has 30 heavy (non-hydrogen) atoms. The first-order valence-electron chi connectivity index (χ1n) is 9.11. The van der Waals surface area contributed by atoms with Gasteiger partial charge in [0.1, 0.15) is 0 Å². The number of nitro groups is 1. The van der Waals surface area contributed by atoms with Gasteiger partial charge in [-0.05, 0) is 36.5 Å². The third-order valence-electron chi connectivity index (χ3n) is 4.90. The van der Waals surface area contributed by atoms with Gasteiger partial charge in [0.2, 0.25) is 6.79 Å². The fraction of sp³-hybridized carbons (Fsp3) is 0.263. The number of rotatable bonds is 3. The van der Waals surface area contributed by atoms with Gasteiger partial charge in [-0.1, -0.05) is 11.6 Å². The highest BCUT2D eigenvalue weighted by atomic mass is 35.5. The smallest absolute Gasteiger partial charge is 0.271 e. The summed E-state index contributed by atoms with van der Waals surface area (Å²) >= 11 is 11.6. The maximum Gasteiger partial charge on any atom is 0.271 e. The van der Waals surface area contributed by atoms with Crippen molar-refractivity contribution in [1.82, 2.24) is 10.2 Å². The van der Waals surface area contributed by atoms with E-state index in [9.17, 15) is 14.9 Å². The molecular formula is C19H17ClN4O5S. The van der Waals surface area contributed by atoms with Gasteiger partial charge < -0.3 is 19.3 Å². The monoisotopic (exact) mass is 448 g/mol. The molecule has 0 bridgehead atoms. The summed E-state index contributed by atoms with van der Waals surface area (Å²) in [5, 5.41) is 14.3. The standard InChI is InChI=1S/C19H17ClN4O5S/c20-14-10-13(24(26)27)2-3-15(14)22-5-7-23(8-6-22)19(30)21-18(25)12-1-4-16-17(9-12)29-11-28-16/h1-4,9-10H,5-8,11H2,(H,21,25,30). The van der Waals surface area contributed by atoms with E-state index < -0.39 is 4.92 Å². The zero-order chi connectivity index (χ0) is 21.3. The molecule has 0 aromatic heterocycles. The molecule has 0 atom stereocenters. The van der Waals surface area contributed by atoms with Crippen molar-refractivity contribution in [2.45, 2.75) is 0 Å². The van der Waals surface area contributed by atoms with Crippen LogP contribution in [0.1, 0.15) is 10.4 Å². The van der Waals surface area contributed by atoms with E-state index >= 15 is 0 Å². The number of non-ortho nitro benzene ring substituents is 1. The molecule has 0 unspecified atom stereocenters. The lowest BCUT2D eigenvalue weighted by Gasteiger charge is -2.37. The zero-order valence-electron chi connectivity index (χ0n) is 15.7. The van der Waals surface area contributed by atoms with Crippen LogP contribution in [0.15, 0.2) is 36.4 Å². The van der Waals surface area contributed by atoms with E-state index in [4.69, 9.17) is 33.3 Å². The highest BCUT2D eigenvalue weighted by Crippen LogP contribution is 2.32. The number of fused-ring (bicyclic) bond motifs is 1. The van der Waals surface area contributed by atoms with Gasteiger partial charge in [-0.25, -0.2) is 0 Å². The van der Waals surface area contributed by atoms with Crippen LogP contribution in [0.3, 0.4) is 0 Å². The number of hydrogen-bond acceptors (Lipinski definition) is 7. The molecule has 4 rings (SSSR count). The van der Waals surface area contributed by atoms with Crippen molar-refractivity contribution in [3.05, 3.63) is 57.1 Å². The summed E-state index contributed by atoms with van der Waals surface area (Å²) in [4.78, 5) is 26.8. The van der Waals surface area contributed by atoms with Crippen molar-refractivity contribution in [2.24, 2.45) is 0 Å². The molecule has 2 aromatic rings. The van der Waals surface area contributed by atoms with E-state index in [-0.39, 0.29) is 18.4 Å². The Bertz CT molecular complexity index is 1030. The molecule has 1 saturated heterocycles. The lowest BCUT2D eigenvalue weighted by Crippen LogP contribution is -2.52. The van der Waals surface area contributed by atoms with Crippen LogP contribution in [0.4, 0.5) is 11.4 Å². The summed E-state index contributed by atoms with van der Waals surface area (Å²) in [5.41, 5.74) is 1.12. The molecule has 1 N–H and O–H groups in total. The largest absolute Gasteiger partial charge is 0.454 e. The first-order valence-corrected chi connectivity index (χ1v) is 9.90.